The Morgan fingerprint density at radius 2 is 1.87 bits per heavy atom. The second-order valence-corrected chi connectivity index (χ2v) is 9.15. The average Bonchev–Trinajstić information content (AvgIpc) is 3.32. The van der Waals surface area contributed by atoms with E-state index in [0.717, 1.165) is 29.4 Å². The molecule has 8 heteroatoms. The van der Waals surface area contributed by atoms with Crippen LogP contribution in [-0.2, 0) is 32.0 Å². The average molecular weight is 424 g/mol. The highest BCUT2D eigenvalue weighted by Gasteiger charge is 2.40. The van der Waals surface area contributed by atoms with Crippen molar-refractivity contribution in [3.05, 3.63) is 63.1 Å². The Labute approximate surface area is 180 Å². The van der Waals surface area contributed by atoms with Crippen molar-refractivity contribution >= 4 is 17.1 Å². The first-order chi connectivity index (χ1) is 14.7. The van der Waals surface area contributed by atoms with Gasteiger partial charge in [0, 0.05) is 26.7 Å². The van der Waals surface area contributed by atoms with E-state index in [9.17, 15) is 14.4 Å². The van der Waals surface area contributed by atoms with E-state index in [0.29, 0.717) is 6.54 Å². The molecule has 1 fully saturated rings. The largest absolute Gasteiger partial charge is 0.333 e. The molecule has 1 aliphatic carbocycles. The van der Waals surface area contributed by atoms with Crippen LogP contribution in [0.15, 0.2) is 46.2 Å². The van der Waals surface area contributed by atoms with Crippen LogP contribution in [0.5, 0.6) is 0 Å². The Bertz CT molecular complexity index is 1240. The van der Waals surface area contributed by atoms with Crippen LogP contribution in [0.4, 0.5) is 0 Å². The number of imidazole rings is 1. The number of aromatic nitrogens is 4. The molecule has 0 N–H and O–H groups in total. The minimum Gasteiger partial charge on any atom is -0.333 e. The first kappa shape index (κ1) is 21.1. The van der Waals surface area contributed by atoms with E-state index in [4.69, 9.17) is 0 Å². The van der Waals surface area contributed by atoms with Gasteiger partial charge in [-0.25, -0.2) is 9.78 Å². The Morgan fingerprint density at radius 1 is 1.16 bits per heavy atom. The Balaban J connectivity index is 1.71. The summed E-state index contributed by atoms with van der Waals surface area (Å²) in [6, 6.07) is 10.1. The standard InChI is InChI=1S/C23H29N5O3/c1-23(2)12-8-11-17(23)28(13-16-9-6-5-7-10-16)18(29)14-27-15-24-20-19(27)21(30)26(4)22(31)25(20)3/h5-7,9-10,15,17H,8,11-14H2,1-4H3. The lowest BCUT2D eigenvalue weighted by Gasteiger charge is -2.38. The van der Waals surface area contributed by atoms with Crippen LogP contribution < -0.4 is 11.2 Å². The predicted molar refractivity (Wildman–Crippen MR) is 119 cm³/mol. The molecule has 0 radical (unpaired) electrons. The van der Waals surface area contributed by atoms with Crippen LogP contribution in [0.2, 0.25) is 0 Å². The number of nitrogens with zero attached hydrogens (tertiary/aromatic N) is 5. The van der Waals surface area contributed by atoms with Gasteiger partial charge >= 0.3 is 5.69 Å². The fraction of sp³-hybridized carbons (Fsp3) is 0.478. The molecule has 164 valence electrons. The van der Waals surface area contributed by atoms with E-state index < -0.39 is 11.2 Å². The van der Waals surface area contributed by atoms with Crippen molar-refractivity contribution in [2.75, 3.05) is 0 Å². The van der Waals surface area contributed by atoms with Gasteiger partial charge in [0.1, 0.15) is 6.54 Å². The van der Waals surface area contributed by atoms with Gasteiger partial charge in [-0.2, -0.15) is 0 Å². The topological polar surface area (TPSA) is 82.1 Å². The maximum Gasteiger partial charge on any atom is 0.332 e. The highest BCUT2D eigenvalue weighted by atomic mass is 16.2. The molecule has 31 heavy (non-hydrogen) atoms. The van der Waals surface area contributed by atoms with Crippen molar-refractivity contribution in [1.82, 2.24) is 23.6 Å². The van der Waals surface area contributed by atoms with Crippen molar-refractivity contribution in [2.24, 2.45) is 19.5 Å². The van der Waals surface area contributed by atoms with Gasteiger partial charge in [-0.1, -0.05) is 50.6 Å². The maximum absolute atomic E-state index is 13.6. The molecule has 1 saturated carbocycles. The number of aryl methyl sites for hydroxylation is 1. The van der Waals surface area contributed by atoms with Gasteiger partial charge in [-0.05, 0) is 23.8 Å². The van der Waals surface area contributed by atoms with Crippen LogP contribution in [0.25, 0.3) is 11.2 Å². The summed E-state index contributed by atoms with van der Waals surface area (Å²) in [6.45, 7) is 4.96. The minimum absolute atomic E-state index is 0.00333. The van der Waals surface area contributed by atoms with Gasteiger partial charge < -0.3 is 9.47 Å². The van der Waals surface area contributed by atoms with E-state index in [2.05, 4.69) is 18.8 Å². The summed E-state index contributed by atoms with van der Waals surface area (Å²) >= 11 is 0. The lowest BCUT2D eigenvalue weighted by atomic mass is 9.86. The smallest absolute Gasteiger partial charge is 0.332 e. The number of carbonyl (C=O) groups is 1. The SMILES string of the molecule is Cn1c(=O)c2c(ncn2CC(=O)N(Cc2ccccc2)C2CCCC2(C)C)n(C)c1=O. The number of amides is 1. The molecular formula is C23H29N5O3. The summed E-state index contributed by atoms with van der Waals surface area (Å²) in [7, 11) is 3.01. The molecule has 3 aromatic rings. The normalized spacial score (nSPS) is 17.9. The van der Waals surface area contributed by atoms with Gasteiger partial charge in [-0.15, -0.1) is 0 Å². The quantitative estimate of drug-likeness (QED) is 0.629. The van der Waals surface area contributed by atoms with Crippen molar-refractivity contribution in [2.45, 2.75) is 52.2 Å². The van der Waals surface area contributed by atoms with E-state index in [1.54, 1.807) is 11.6 Å². The molecule has 0 aliphatic heterocycles. The summed E-state index contributed by atoms with van der Waals surface area (Å²) in [6.07, 6.45) is 4.61. The third-order valence-electron chi connectivity index (χ3n) is 6.62. The van der Waals surface area contributed by atoms with Crippen LogP contribution in [0.3, 0.4) is 0 Å². The Kier molecular flexibility index (Phi) is 5.33. The van der Waals surface area contributed by atoms with Crippen molar-refractivity contribution in [3.63, 3.8) is 0 Å². The van der Waals surface area contributed by atoms with E-state index in [1.165, 1.54) is 17.9 Å². The Morgan fingerprint density at radius 3 is 2.52 bits per heavy atom. The summed E-state index contributed by atoms with van der Waals surface area (Å²) in [4.78, 5) is 44.7. The minimum atomic E-state index is -0.445. The second-order valence-electron chi connectivity index (χ2n) is 9.15. The van der Waals surface area contributed by atoms with Gasteiger partial charge in [0.05, 0.1) is 6.33 Å². The van der Waals surface area contributed by atoms with E-state index >= 15 is 0 Å². The van der Waals surface area contributed by atoms with Crippen LogP contribution in [0, 0.1) is 5.41 Å². The highest BCUT2D eigenvalue weighted by Crippen LogP contribution is 2.41. The predicted octanol–water partition coefficient (Wildman–Crippen LogP) is 2.04. The van der Waals surface area contributed by atoms with Crippen molar-refractivity contribution < 1.29 is 4.79 Å². The fourth-order valence-corrected chi connectivity index (χ4v) is 4.79. The zero-order valence-corrected chi connectivity index (χ0v) is 18.5. The lowest BCUT2D eigenvalue weighted by molar-refractivity contribution is -0.137. The van der Waals surface area contributed by atoms with Gasteiger partial charge in [-0.3, -0.25) is 18.7 Å². The summed E-state index contributed by atoms with van der Waals surface area (Å²) in [5.41, 5.74) is 0.778. The fourth-order valence-electron chi connectivity index (χ4n) is 4.79. The second kappa shape index (κ2) is 7.83. The number of rotatable bonds is 5. The molecule has 0 bridgehead atoms. The zero-order valence-electron chi connectivity index (χ0n) is 18.5. The summed E-state index contributed by atoms with van der Waals surface area (Å²) in [5.74, 6) is -0.0564. The molecule has 1 unspecified atom stereocenters. The van der Waals surface area contributed by atoms with E-state index in [1.807, 2.05) is 35.2 Å². The molecular weight excluding hydrogens is 394 g/mol. The van der Waals surface area contributed by atoms with Gasteiger partial charge in [0.25, 0.3) is 5.56 Å². The third-order valence-corrected chi connectivity index (χ3v) is 6.62. The number of fused-ring (bicyclic) bond motifs is 1. The lowest BCUT2D eigenvalue weighted by Crippen LogP contribution is -2.46. The van der Waals surface area contributed by atoms with Crippen LogP contribution >= 0.6 is 0 Å². The molecule has 0 spiro atoms. The van der Waals surface area contributed by atoms with Crippen LogP contribution in [-0.4, -0.2) is 35.5 Å². The molecule has 1 aliphatic rings. The number of hydrogen-bond donors (Lipinski definition) is 0. The number of hydrogen-bond acceptors (Lipinski definition) is 4. The van der Waals surface area contributed by atoms with Gasteiger partial charge in [0.2, 0.25) is 5.91 Å². The molecule has 2 heterocycles. The molecule has 0 saturated heterocycles. The molecule has 4 rings (SSSR count). The molecule has 2 aromatic heterocycles. The maximum atomic E-state index is 13.6. The van der Waals surface area contributed by atoms with E-state index in [-0.39, 0.29) is 35.1 Å². The molecule has 1 aromatic carbocycles. The zero-order chi connectivity index (χ0) is 22.3. The monoisotopic (exact) mass is 423 g/mol. The Hall–Kier alpha value is -3.16. The van der Waals surface area contributed by atoms with Crippen molar-refractivity contribution in [3.8, 4) is 0 Å². The van der Waals surface area contributed by atoms with Crippen LogP contribution in [0.1, 0.15) is 38.7 Å². The third kappa shape index (κ3) is 3.71. The van der Waals surface area contributed by atoms with Gasteiger partial charge in [0.15, 0.2) is 11.2 Å². The summed E-state index contributed by atoms with van der Waals surface area (Å²) < 4.78 is 3.95. The first-order valence-corrected chi connectivity index (χ1v) is 10.6. The molecule has 1 atom stereocenters. The molecule has 1 amide bonds. The first-order valence-electron chi connectivity index (χ1n) is 10.6. The number of benzene rings is 1. The molecule has 8 nitrogen and oxygen atoms in total. The van der Waals surface area contributed by atoms with Crippen molar-refractivity contribution in [1.29, 1.82) is 0 Å². The summed E-state index contributed by atoms with van der Waals surface area (Å²) in [5, 5.41) is 0. The number of carbonyl (C=O) groups excluding carboxylic acids is 1. The highest BCUT2D eigenvalue weighted by molar-refractivity contribution is 5.79.